The third-order valence-electron chi connectivity index (χ3n) is 0.953. The van der Waals surface area contributed by atoms with Gasteiger partial charge in [-0.05, 0) is 12.3 Å². The van der Waals surface area contributed by atoms with Crippen molar-refractivity contribution < 1.29 is 0 Å². The summed E-state index contributed by atoms with van der Waals surface area (Å²) in [6, 6.07) is 0. The Balaban J connectivity index is 0. The molecule has 0 fully saturated rings. The van der Waals surface area contributed by atoms with E-state index in [0.717, 1.165) is 18.1 Å². The number of amidine groups is 1. The molecule has 0 aromatic heterocycles. The Labute approximate surface area is 77.2 Å². The first-order valence-electron chi connectivity index (χ1n) is 3.09. The van der Waals surface area contributed by atoms with Crippen LogP contribution >= 0.6 is 28.7 Å². The van der Waals surface area contributed by atoms with Crippen molar-refractivity contribution in [1.82, 2.24) is 0 Å². The van der Waals surface area contributed by atoms with E-state index in [9.17, 15) is 0 Å². The van der Waals surface area contributed by atoms with Crippen LogP contribution in [0.2, 0.25) is 0 Å². The van der Waals surface area contributed by atoms with Crippen molar-refractivity contribution >= 4 is 33.9 Å². The Morgan fingerprint density at radius 3 is 2.40 bits per heavy atom. The molecule has 0 aliphatic rings. The summed E-state index contributed by atoms with van der Waals surface area (Å²) in [5.74, 6) is 1.70. The smallest absolute Gasteiger partial charge is 0.151 e. The predicted molar refractivity (Wildman–Crippen MR) is 54.1 cm³/mol. The van der Waals surface area contributed by atoms with E-state index in [1.807, 2.05) is 0 Å². The zero-order chi connectivity index (χ0) is 7.28. The molecule has 0 bridgehead atoms. The molecule has 0 atom stereocenters. The van der Waals surface area contributed by atoms with Gasteiger partial charge in [0.1, 0.15) is 0 Å². The number of thioether (sulfide) groups is 1. The van der Waals surface area contributed by atoms with Gasteiger partial charge in [0, 0.05) is 5.75 Å². The third-order valence-corrected chi connectivity index (χ3v) is 1.70. The summed E-state index contributed by atoms with van der Waals surface area (Å²) in [5, 5.41) is 7.11. The first-order valence-corrected chi connectivity index (χ1v) is 4.08. The van der Waals surface area contributed by atoms with Crippen LogP contribution in [0.1, 0.15) is 20.3 Å². The van der Waals surface area contributed by atoms with Crippen molar-refractivity contribution in [2.75, 3.05) is 5.75 Å². The van der Waals surface area contributed by atoms with E-state index >= 15 is 0 Å². The van der Waals surface area contributed by atoms with E-state index in [4.69, 9.17) is 11.1 Å². The maximum Gasteiger partial charge on any atom is 0.151 e. The van der Waals surface area contributed by atoms with E-state index in [1.165, 1.54) is 11.8 Å². The van der Waals surface area contributed by atoms with Crippen molar-refractivity contribution in [3.8, 4) is 0 Å². The van der Waals surface area contributed by atoms with Gasteiger partial charge in [0.05, 0.1) is 0 Å². The SMILES string of the molecule is Br.CC(C)CCSC(=N)N. The number of rotatable bonds is 3. The summed E-state index contributed by atoms with van der Waals surface area (Å²) in [4.78, 5) is 0. The molecule has 4 heteroatoms. The highest BCUT2D eigenvalue weighted by atomic mass is 79.9. The number of halogens is 1. The van der Waals surface area contributed by atoms with Gasteiger partial charge in [-0.15, -0.1) is 17.0 Å². The Morgan fingerprint density at radius 2 is 2.10 bits per heavy atom. The Kier molecular flexibility index (Phi) is 9.58. The lowest BCUT2D eigenvalue weighted by Gasteiger charge is -2.01. The van der Waals surface area contributed by atoms with Gasteiger partial charge in [0.15, 0.2) is 5.17 Å². The quantitative estimate of drug-likeness (QED) is 0.573. The second-order valence-corrected chi connectivity index (χ2v) is 3.53. The molecule has 0 unspecified atom stereocenters. The van der Waals surface area contributed by atoms with Crippen molar-refractivity contribution in [3.63, 3.8) is 0 Å². The molecule has 0 amide bonds. The molecular weight excluding hydrogens is 212 g/mol. The average Bonchev–Trinajstić information content (AvgIpc) is 1.63. The fourth-order valence-electron chi connectivity index (χ4n) is 0.405. The lowest BCUT2D eigenvalue weighted by molar-refractivity contribution is 0.632. The molecule has 0 aliphatic carbocycles. The molecule has 0 aliphatic heterocycles. The van der Waals surface area contributed by atoms with Gasteiger partial charge < -0.3 is 5.73 Å². The van der Waals surface area contributed by atoms with Gasteiger partial charge in [-0.25, -0.2) is 0 Å². The van der Waals surface area contributed by atoms with Crippen molar-refractivity contribution in [2.24, 2.45) is 11.7 Å². The zero-order valence-electron chi connectivity index (χ0n) is 6.39. The molecule has 0 rings (SSSR count). The summed E-state index contributed by atoms with van der Waals surface area (Å²) in [7, 11) is 0. The van der Waals surface area contributed by atoms with Crippen LogP contribution in [0.15, 0.2) is 0 Å². The molecule has 62 valence electrons. The summed E-state index contributed by atoms with van der Waals surface area (Å²) >= 11 is 1.42. The van der Waals surface area contributed by atoms with Gasteiger partial charge in [-0.1, -0.05) is 25.6 Å². The van der Waals surface area contributed by atoms with Gasteiger partial charge in [-0.2, -0.15) is 0 Å². The molecule has 3 N–H and O–H groups in total. The number of hydrogen-bond acceptors (Lipinski definition) is 2. The molecule has 10 heavy (non-hydrogen) atoms. The van der Waals surface area contributed by atoms with Crippen molar-refractivity contribution in [2.45, 2.75) is 20.3 Å². The standard InChI is InChI=1S/C6H14N2S.BrH/c1-5(2)3-4-9-6(7)8;/h5H,3-4H2,1-2H3,(H3,7,8);1H. The van der Waals surface area contributed by atoms with Gasteiger partial charge in [0.25, 0.3) is 0 Å². The zero-order valence-corrected chi connectivity index (χ0v) is 8.91. The fraction of sp³-hybridized carbons (Fsp3) is 0.833. The highest BCUT2D eigenvalue weighted by Gasteiger charge is 1.94. The lowest BCUT2D eigenvalue weighted by atomic mass is 10.2. The second kappa shape index (κ2) is 7.41. The summed E-state index contributed by atoms with van der Waals surface area (Å²) in [6.45, 7) is 4.33. The summed E-state index contributed by atoms with van der Waals surface area (Å²) in [6.07, 6.45) is 1.14. The maximum atomic E-state index is 6.88. The van der Waals surface area contributed by atoms with E-state index < -0.39 is 0 Å². The van der Waals surface area contributed by atoms with Crippen LogP contribution in [-0.4, -0.2) is 10.9 Å². The summed E-state index contributed by atoms with van der Waals surface area (Å²) < 4.78 is 0. The molecule has 0 aromatic carbocycles. The molecule has 0 saturated carbocycles. The van der Waals surface area contributed by atoms with Crippen molar-refractivity contribution in [3.05, 3.63) is 0 Å². The largest absolute Gasteiger partial charge is 0.379 e. The number of hydrogen-bond donors (Lipinski definition) is 2. The van der Waals surface area contributed by atoms with Gasteiger partial charge >= 0.3 is 0 Å². The third kappa shape index (κ3) is 11.1. The van der Waals surface area contributed by atoms with E-state index in [2.05, 4.69) is 13.8 Å². The fourth-order valence-corrected chi connectivity index (χ4v) is 1.21. The minimum Gasteiger partial charge on any atom is -0.379 e. The van der Waals surface area contributed by atoms with Crippen LogP contribution in [0, 0.1) is 11.3 Å². The van der Waals surface area contributed by atoms with Crippen LogP contribution in [0.4, 0.5) is 0 Å². The molecule has 0 spiro atoms. The molecule has 0 heterocycles. The Hall–Kier alpha value is 0.300. The van der Waals surface area contributed by atoms with Gasteiger partial charge in [0.2, 0.25) is 0 Å². The van der Waals surface area contributed by atoms with Crippen molar-refractivity contribution in [1.29, 1.82) is 5.41 Å². The normalized spacial score (nSPS) is 9.10. The molecule has 0 saturated heterocycles. The number of nitrogens with two attached hydrogens (primary N) is 1. The number of nitrogens with one attached hydrogen (secondary N) is 1. The van der Waals surface area contributed by atoms with Gasteiger partial charge in [-0.3, -0.25) is 5.41 Å². The van der Waals surface area contributed by atoms with E-state index in [0.29, 0.717) is 0 Å². The average molecular weight is 227 g/mol. The highest BCUT2D eigenvalue weighted by Crippen LogP contribution is 2.06. The summed E-state index contributed by atoms with van der Waals surface area (Å²) in [5.41, 5.74) is 5.12. The van der Waals surface area contributed by atoms with Crippen LogP contribution < -0.4 is 5.73 Å². The molecule has 0 radical (unpaired) electrons. The first kappa shape index (κ1) is 12.9. The van der Waals surface area contributed by atoms with E-state index in [1.54, 1.807) is 0 Å². The molecule has 0 aromatic rings. The Bertz CT molecular complexity index is 95.7. The first-order chi connectivity index (χ1) is 4.13. The highest BCUT2D eigenvalue weighted by molar-refractivity contribution is 8.93. The van der Waals surface area contributed by atoms with Crippen LogP contribution in [-0.2, 0) is 0 Å². The topological polar surface area (TPSA) is 49.9 Å². The minimum atomic E-state index is 0. The minimum absolute atomic E-state index is 0. The second-order valence-electron chi connectivity index (χ2n) is 2.40. The predicted octanol–water partition coefficient (Wildman–Crippen LogP) is 2.24. The molecular formula is C6H15BrN2S. The molecule has 2 nitrogen and oxygen atoms in total. The van der Waals surface area contributed by atoms with Crippen LogP contribution in [0.5, 0.6) is 0 Å². The van der Waals surface area contributed by atoms with E-state index in [-0.39, 0.29) is 22.1 Å². The van der Waals surface area contributed by atoms with Crippen LogP contribution in [0.3, 0.4) is 0 Å². The Morgan fingerprint density at radius 1 is 1.60 bits per heavy atom. The maximum absolute atomic E-state index is 6.88. The monoisotopic (exact) mass is 226 g/mol. The lowest BCUT2D eigenvalue weighted by Crippen LogP contribution is -2.05. The van der Waals surface area contributed by atoms with Crippen LogP contribution in [0.25, 0.3) is 0 Å².